The lowest BCUT2D eigenvalue weighted by atomic mass is 10.0. The molecule has 2 saturated heterocycles. The van der Waals surface area contributed by atoms with Gasteiger partial charge in [-0.25, -0.2) is 0 Å². The Labute approximate surface area is 113 Å². The van der Waals surface area contributed by atoms with Gasteiger partial charge in [-0.2, -0.15) is 0 Å². The largest absolute Gasteiger partial charge is 0.480 e. The number of carboxylic acids is 2. The van der Waals surface area contributed by atoms with Crippen molar-refractivity contribution in [3.63, 3.8) is 0 Å². The van der Waals surface area contributed by atoms with Crippen molar-refractivity contribution < 1.29 is 19.8 Å². The van der Waals surface area contributed by atoms with Crippen molar-refractivity contribution >= 4 is 11.9 Å². The van der Waals surface area contributed by atoms with E-state index >= 15 is 0 Å². The van der Waals surface area contributed by atoms with E-state index in [1.165, 1.54) is 0 Å². The molecule has 0 spiro atoms. The van der Waals surface area contributed by atoms with Crippen LogP contribution in [0.2, 0.25) is 0 Å². The van der Waals surface area contributed by atoms with Gasteiger partial charge in [-0.05, 0) is 51.9 Å². The summed E-state index contributed by atoms with van der Waals surface area (Å²) in [7, 11) is 0. The van der Waals surface area contributed by atoms with Crippen molar-refractivity contribution in [1.82, 2.24) is 9.80 Å². The molecule has 0 aromatic rings. The number of carboxylic acid groups (broad SMARTS) is 2. The molecular weight excluding hydrogens is 248 g/mol. The summed E-state index contributed by atoms with van der Waals surface area (Å²) in [5, 5.41) is 18.9. The zero-order valence-corrected chi connectivity index (χ0v) is 11.1. The molecule has 0 aromatic carbocycles. The van der Waals surface area contributed by atoms with E-state index in [9.17, 15) is 19.8 Å². The summed E-state index contributed by atoms with van der Waals surface area (Å²) in [6.07, 6.45) is 4.92. The molecule has 2 unspecified atom stereocenters. The number of piperidine rings is 1. The van der Waals surface area contributed by atoms with E-state index in [0.717, 1.165) is 32.1 Å². The topological polar surface area (TPSA) is 81.1 Å². The van der Waals surface area contributed by atoms with Gasteiger partial charge in [0.15, 0.2) is 0 Å². The van der Waals surface area contributed by atoms with E-state index in [1.54, 1.807) is 0 Å². The number of nitrogens with zero attached hydrogens (tertiary/aromatic N) is 2. The monoisotopic (exact) mass is 270 g/mol. The van der Waals surface area contributed by atoms with Crippen LogP contribution in [0.4, 0.5) is 0 Å². The number of likely N-dealkylation sites (tertiary alicyclic amines) is 2. The van der Waals surface area contributed by atoms with Gasteiger partial charge in [0.1, 0.15) is 12.1 Å². The molecule has 0 aliphatic carbocycles. The van der Waals surface area contributed by atoms with Gasteiger partial charge in [-0.1, -0.05) is 6.42 Å². The number of aliphatic carboxylic acids is 2. The SMILES string of the molecule is O=C(O)C(C(C(=O)O)N1CCCC1)N1CCCCC1. The Morgan fingerprint density at radius 2 is 1.00 bits per heavy atom. The Morgan fingerprint density at radius 3 is 1.32 bits per heavy atom. The van der Waals surface area contributed by atoms with Crippen LogP contribution in [-0.2, 0) is 9.59 Å². The van der Waals surface area contributed by atoms with Crippen molar-refractivity contribution in [1.29, 1.82) is 0 Å². The normalized spacial score (nSPS) is 25.1. The number of hydrogen-bond acceptors (Lipinski definition) is 4. The molecule has 2 aliphatic rings. The van der Waals surface area contributed by atoms with Crippen LogP contribution in [-0.4, -0.2) is 70.2 Å². The van der Waals surface area contributed by atoms with Crippen LogP contribution in [0, 0.1) is 0 Å². The van der Waals surface area contributed by atoms with Crippen LogP contribution in [0.1, 0.15) is 32.1 Å². The molecule has 19 heavy (non-hydrogen) atoms. The van der Waals surface area contributed by atoms with Gasteiger partial charge < -0.3 is 10.2 Å². The van der Waals surface area contributed by atoms with Gasteiger partial charge in [-0.3, -0.25) is 19.4 Å². The second-order valence-electron chi connectivity index (χ2n) is 5.41. The average molecular weight is 270 g/mol. The molecule has 0 radical (unpaired) electrons. The molecule has 2 N–H and O–H groups in total. The predicted octanol–water partition coefficient (Wildman–Crippen LogP) is 0.475. The van der Waals surface area contributed by atoms with Gasteiger partial charge >= 0.3 is 11.9 Å². The molecule has 6 heteroatoms. The summed E-state index contributed by atoms with van der Waals surface area (Å²) in [4.78, 5) is 26.8. The molecule has 0 saturated carbocycles. The summed E-state index contributed by atoms with van der Waals surface area (Å²) in [6, 6.07) is -1.84. The Bertz CT molecular complexity index is 336. The van der Waals surface area contributed by atoms with E-state index in [0.29, 0.717) is 26.2 Å². The predicted molar refractivity (Wildman–Crippen MR) is 69.1 cm³/mol. The summed E-state index contributed by atoms with van der Waals surface area (Å²) in [5.41, 5.74) is 0. The van der Waals surface area contributed by atoms with Crippen molar-refractivity contribution in [2.45, 2.75) is 44.2 Å². The molecule has 2 rings (SSSR count). The van der Waals surface area contributed by atoms with Crippen molar-refractivity contribution in [3.05, 3.63) is 0 Å². The van der Waals surface area contributed by atoms with Crippen LogP contribution in [0.3, 0.4) is 0 Å². The van der Waals surface area contributed by atoms with Gasteiger partial charge in [0, 0.05) is 0 Å². The Balaban J connectivity index is 2.17. The summed E-state index contributed by atoms with van der Waals surface area (Å²) < 4.78 is 0. The molecule has 2 aliphatic heterocycles. The second kappa shape index (κ2) is 6.34. The fraction of sp³-hybridized carbons (Fsp3) is 0.846. The Hall–Kier alpha value is -1.14. The quantitative estimate of drug-likeness (QED) is 0.756. The highest BCUT2D eigenvalue weighted by Gasteiger charge is 2.42. The molecule has 0 aromatic heterocycles. The zero-order chi connectivity index (χ0) is 13.8. The average Bonchev–Trinajstić information content (AvgIpc) is 2.89. The van der Waals surface area contributed by atoms with Crippen molar-refractivity contribution in [2.24, 2.45) is 0 Å². The Kier molecular flexibility index (Phi) is 4.76. The van der Waals surface area contributed by atoms with Crippen molar-refractivity contribution in [3.8, 4) is 0 Å². The lowest BCUT2D eigenvalue weighted by Gasteiger charge is -2.38. The minimum Gasteiger partial charge on any atom is -0.480 e. The van der Waals surface area contributed by atoms with Gasteiger partial charge in [0.25, 0.3) is 0 Å². The van der Waals surface area contributed by atoms with Gasteiger partial charge in [0.05, 0.1) is 0 Å². The third-order valence-corrected chi connectivity index (χ3v) is 4.12. The summed E-state index contributed by atoms with van der Waals surface area (Å²) >= 11 is 0. The molecule has 0 amide bonds. The highest BCUT2D eigenvalue weighted by atomic mass is 16.4. The van der Waals surface area contributed by atoms with Crippen LogP contribution in [0.15, 0.2) is 0 Å². The number of rotatable bonds is 5. The standard InChI is InChI=1S/C13H22N2O4/c16-12(17)10(14-6-2-1-3-7-14)11(13(18)19)15-8-4-5-9-15/h10-11H,1-9H2,(H,16,17)(H,18,19). The van der Waals surface area contributed by atoms with E-state index in [2.05, 4.69) is 0 Å². The zero-order valence-electron chi connectivity index (χ0n) is 11.1. The first-order chi connectivity index (χ1) is 9.11. The lowest BCUT2D eigenvalue weighted by molar-refractivity contribution is -0.157. The molecule has 108 valence electrons. The van der Waals surface area contributed by atoms with E-state index in [-0.39, 0.29) is 0 Å². The van der Waals surface area contributed by atoms with Crippen molar-refractivity contribution in [2.75, 3.05) is 26.2 Å². The molecule has 2 atom stereocenters. The first-order valence-corrected chi connectivity index (χ1v) is 7.05. The maximum absolute atomic E-state index is 11.6. The molecule has 2 heterocycles. The van der Waals surface area contributed by atoms with Gasteiger partial charge in [0.2, 0.25) is 0 Å². The number of hydrogen-bond donors (Lipinski definition) is 2. The molecular formula is C13H22N2O4. The molecule has 0 bridgehead atoms. The van der Waals surface area contributed by atoms with E-state index in [4.69, 9.17) is 0 Å². The molecule has 6 nitrogen and oxygen atoms in total. The second-order valence-corrected chi connectivity index (χ2v) is 5.41. The smallest absolute Gasteiger partial charge is 0.323 e. The highest BCUT2D eigenvalue weighted by molar-refractivity contribution is 5.85. The fourth-order valence-electron chi connectivity index (χ4n) is 3.20. The molecule has 2 fully saturated rings. The Morgan fingerprint density at radius 1 is 0.684 bits per heavy atom. The maximum atomic E-state index is 11.6. The first-order valence-electron chi connectivity index (χ1n) is 7.05. The number of carbonyl (C=O) groups is 2. The minimum atomic E-state index is -1.01. The maximum Gasteiger partial charge on any atom is 0.323 e. The van der Waals surface area contributed by atoms with E-state index in [1.807, 2.05) is 9.80 Å². The summed E-state index contributed by atoms with van der Waals surface area (Å²) in [5.74, 6) is -2.03. The van der Waals surface area contributed by atoms with Crippen LogP contribution < -0.4 is 0 Å². The highest BCUT2D eigenvalue weighted by Crippen LogP contribution is 2.21. The summed E-state index contributed by atoms with van der Waals surface area (Å²) in [6.45, 7) is 2.76. The van der Waals surface area contributed by atoms with Crippen LogP contribution in [0.5, 0.6) is 0 Å². The first kappa shape index (κ1) is 14.3. The van der Waals surface area contributed by atoms with Crippen LogP contribution in [0.25, 0.3) is 0 Å². The van der Waals surface area contributed by atoms with Crippen LogP contribution >= 0.6 is 0 Å². The minimum absolute atomic E-state index is 0.689. The lowest BCUT2D eigenvalue weighted by Crippen LogP contribution is -2.59. The third-order valence-electron chi connectivity index (χ3n) is 4.12. The van der Waals surface area contributed by atoms with E-state index < -0.39 is 24.0 Å². The fourth-order valence-corrected chi connectivity index (χ4v) is 3.20. The van der Waals surface area contributed by atoms with Gasteiger partial charge in [-0.15, -0.1) is 0 Å². The third kappa shape index (κ3) is 3.25.